The Labute approximate surface area is 156 Å². The molecular weight excluding hydrogens is 378 g/mol. The second kappa shape index (κ2) is 8.33. The molecule has 0 radical (unpaired) electrons. The molecule has 7 nitrogen and oxygen atoms in total. The molecule has 1 aromatic heterocycles. The van der Waals surface area contributed by atoms with Gasteiger partial charge in [-0.3, -0.25) is 9.52 Å². The van der Waals surface area contributed by atoms with Gasteiger partial charge in [0.1, 0.15) is 4.88 Å². The molecule has 1 aromatic carbocycles. The first-order chi connectivity index (χ1) is 12.3. The van der Waals surface area contributed by atoms with E-state index in [4.69, 9.17) is 0 Å². The number of rotatable bonds is 7. The highest BCUT2D eigenvalue weighted by molar-refractivity contribution is 7.91. The largest absolute Gasteiger partial charge is 0.469 e. The van der Waals surface area contributed by atoms with Crippen LogP contribution in [0.25, 0.3) is 0 Å². The molecule has 0 aliphatic heterocycles. The molecule has 1 heterocycles. The van der Waals surface area contributed by atoms with Crippen LogP contribution in [0.4, 0.5) is 5.69 Å². The van der Waals surface area contributed by atoms with Gasteiger partial charge in [-0.2, -0.15) is 0 Å². The SMILES string of the molecule is COC(=O)Cc1cc(C)ccc1NS(=O)(=O)Cc1ccsc1C(=O)OC. The van der Waals surface area contributed by atoms with Crippen molar-refractivity contribution in [1.82, 2.24) is 0 Å². The van der Waals surface area contributed by atoms with Crippen LogP contribution in [0.2, 0.25) is 0 Å². The summed E-state index contributed by atoms with van der Waals surface area (Å²) < 4.78 is 36.9. The third-order valence-electron chi connectivity index (χ3n) is 3.55. The molecule has 0 spiro atoms. The van der Waals surface area contributed by atoms with E-state index < -0.39 is 22.0 Å². The number of carbonyl (C=O) groups excluding carboxylic acids is 2. The van der Waals surface area contributed by atoms with Crippen molar-refractivity contribution in [3.63, 3.8) is 0 Å². The third kappa shape index (κ3) is 5.06. The average molecular weight is 397 g/mol. The van der Waals surface area contributed by atoms with Gasteiger partial charge in [0.05, 0.1) is 32.1 Å². The molecular formula is C17H19NO6S2. The number of esters is 2. The number of carbonyl (C=O) groups is 2. The lowest BCUT2D eigenvalue weighted by atomic mass is 10.1. The summed E-state index contributed by atoms with van der Waals surface area (Å²) >= 11 is 1.12. The summed E-state index contributed by atoms with van der Waals surface area (Å²) in [5, 5.41) is 1.63. The maximum Gasteiger partial charge on any atom is 0.348 e. The topological polar surface area (TPSA) is 98.8 Å². The number of nitrogens with one attached hydrogen (secondary N) is 1. The number of benzene rings is 1. The molecule has 0 fully saturated rings. The van der Waals surface area contributed by atoms with Crippen LogP contribution in [-0.2, 0) is 36.5 Å². The zero-order valence-corrected chi connectivity index (χ0v) is 16.2. The number of hydrogen-bond acceptors (Lipinski definition) is 7. The lowest BCUT2D eigenvalue weighted by molar-refractivity contribution is -0.139. The molecule has 0 atom stereocenters. The Hall–Kier alpha value is -2.39. The molecule has 0 aliphatic rings. The number of hydrogen-bond donors (Lipinski definition) is 1. The summed E-state index contributed by atoms with van der Waals surface area (Å²) in [4.78, 5) is 23.5. The fourth-order valence-corrected chi connectivity index (χ4v) is 4.51. The first-order valence-corrected chi connectivity index (χ1v) is 10.1. The van der Waals surface area contributed by atoms with Crippen molar-refractivity contribution in [3.8, 4) is 0 Å². The molecule has 0 bridgehead atoms. The Morgan fingerprint density at radius 2 is 1.85 bits per heavy atom. The van der Waals surface area contributed by atoms with Crippen LogP contribution < -0.4 is 4.72 Å². The van der Waals surface area contributed by atoms with Crippen molar-refractivity contribution in [1.29, 1.82) is 0 Å². The minimum Gasteiger partial charge on any atom is -0.469 e. The smallest absolute Gasteiger partial charge is 0.348 e. The maximum absolute atomic E-state index is 12.5. The van der Waals surface area contributed by atoms with Crippen LogP contribution >= 0.6 is 11.3 Å². The molecule has 0 aliphatic carbocycles. The van der Waals surface area contributed by atoms with E-state index >= 15 is 0 Å². The number of methoxy groups -OCH3 is 2. The zero-order valence-electron chi connectivity index (χ0n) is 14.6. The van der Waals surface area contributed by atoms with Crippen LogP contribution in [0.3, 0.4) is 0 Å². The Balaban J connectivity index is 2.26. The van der Waals surface area contributed by atoms with Crippen molar-refractivity contribution in [3.05, 3.63) is 51.2 Å². The summed E-state index contributed by atoms with van der Waals surface area (Å²) in [6.07, 6.45) is -0.0537. The van der Waals surface area contributed by atoms with Gasteiger partial charge in [0, 0.05) is 0 Å². The lowest BCUT2D eigenvalue weighted by Crippen LogP contribution is -2.18. The highest BCUT2D eigenvalue weighted by Gasteiger charge is 2.21. The highest BCUT2D eigenvalue weighted by atomic mass is 32.2. The second-order valence-corrected chi connectivity index (χ2v) is 8.18. The van der Waals surface area contributed by atoms with E-state index in [1.807, 2.05) is 6.92 Å². The van der Waals surface area contributed by atoms with Gasteiger partial charge in [0.25, 0.3) is 0 Å². The monoisotopic (exact) mass is 397 g/mol. The molecule has 1 N–H and O–H groups in total. The molecule has 26 heavy (non-hydrogen) atoms. The summed E-state index contributed by atoms with van der Waals surface area (Å²) in [5.74, 6) is -1.43. The summed E-state index contributed by atoms with van der Waals surface area (Å²) in [7, 11) is -1.29. The first-order valence-electron chi connectivity index (χ1n) is 7.57. The Morgan fingerprint density at radius 1 is 1.12 bits per heavy atom. The summed E-state index contributed by atoms with van der Waals surface area (Å²) in [6, 6.07) is 6.63. The van der Waals surface area contributed by atoms with Gasteiger partial charge in [0.2, 0.25) is 10.0 Å². The van der Waals surface area contributed by atoms with Gasteiger partial charge in [-0.05, 0) is 35.6 Å². The average Bonchev–Trinajstić information content (AvgIpc) is 3.03. The van der Waals surface area contributed by atoms with E-state index in [2.05, 4.69) is 14.2 Å². The Kier molecular flexibility index (Phi) is 6.38. The van der Waals surface area contributed by atoms with E-state index in [9.17, 15) is 18.0 Å². The molecule has 2 rings (SSSR count). The predicted molar refractivity (Wildman–Crippen MR) is 98.8 cm³/mol. The number of aryl methyl sites for hydroxylation is 1. The quantitative estimate of drug-likeness (QED) is 0.721. The van der Waals surface area contributed by atoms with Crippen molar-refractivity contribution in [2.45, 2.75) is 19.1 Å². The van der Waals surface area contributed by atoms with Crippen LogP contribution in [-0.4, -0.2) is 34.6 Å². The van der Waals surface area contributed by atoms with E-state index in [0.29, 0.717) is 16.8 Å². The Morgan fingerprint density at radius 3 is 2.50 bits per heavy atom. The van der Waals surface area contributed by atoms with Crippen LogP contribution in [0, 0.1) is 6.92 Å². The van der Waals surface area contributed by atoms with Gasteiger partial charge in [-0.15, -0.1) is 11.3 Å². The lowest BCUT2D eigenvalue weighted by Gasteiger charge is -2.13. The van der Waals surface area contributed by atoms with Crippen LogP contribution in [0.5, 0.6) is 0 Å². The number of ether oxygens (including phenoxy) is 2. The molecule has 0 saturated carbocycles. The van der Waals surface area contributed by atoms with Crippen molar-refractivity contribution in [2.75, 3.05) is 18.9 Å². The molecule has 9 heteroatoms. The predicted octanol–water partition coefficient (Wildman–Crippen LogP) is 2.50. The van der Waals surface area contributed by atoms with Gasteiger partial charge in [-0.25, -0.2) is 13.2 Å². The number of sulfonamides is 1. The van der Waals surface area contributed by atoms with Crippen LogP contribution in [0.1, 0.15) is 26.4 Å². The van der Waals surface area contributed by atoms with Crippen molar-refractivity contribution < 1.29 is 27.5 Å². The first kappa shape index (κ1) is 19.9. The zero-order chi connectivity index (χ0) is 19.3. The fourth-order valence-electron chi connectivity index (χ4n) is 2.33. The van der Waals surface area contributed by atoms with E-state index in [0.717, 1.165) is 16.9 Å². The van der Waals surface area contributed by atoms with E-state index in [1.54, 1.807) is 29.6 Å². The fraction of sp³-hybridized carbons (Fsp3) is 0.294. The summed E-state index contributed by atoms with van der Waals surface area (Å²) in [5.41, 5.74) is 2.06. The van der Waals surface area contributed by atoms with E-state index in [-0.39, 0.29) is 17.1 Å². The van der Waals surface area contributed by atoms with E-state index in [1.165, 1.54) is 14.2 Å². The van der Waals surface area contributed by atoms with Crippen molar-refractivity contribution >= 4 is 39.0 Å². The molecule has 0 unspecified atom stereocenters. The standard InChI is InChI=1S/C17H19NO6S2/c1-11-4-5-14(13(8-11)9-15(19)23-2)18-26(21,22)10-12-6-7-25-16(12)17(20)24-3/h4-8,18H,9-10H2,1-3H3. The van der Waals surface area contributed by atoms with Gasteiger partial charge >= 0.3 is 11.9 Å². The van der Waals surface area contributed by atoms with Gasteiger partial charge < -0.3 is 9.47 Å². The third-order valence-corrected chi connectivity index (χ3v) is 5.71. The minimum atomic E-state index is -3.80. The number of anilines is 1. The molecule has 140 valence electrons. The van der Waals surface area contributed by atoms with Gasteiger partial charge in [0.15, 0.2) is 0 Å². The van der Waals surface area contributed by atoms with Crippen molar-refractivity contribution in [2.24, 2.45) is 0 Å². The summed E-state index contributed by atoms with van der Waals surface area (Å²) in [6.45, 7) is 1.84. The second-order valence-electron chi connectivity index (χ2n) is 5.54. The normalized spacial score (nSPS) is 11.0. The highest BCUT2D eigenvalue weighted by Crippen LogP contribution is 2.24. The van der Waals surface area contributed by atoms with Gasteiger partial charge in [-0.1, -0.05) is 17.7 Å². The molecule has 2 aromatic rings. The van der Waals surface area contributed by atoms with Crippen LogP contribution in [0.15, 0.2) is 29.6 Å². The molecule has 0 amide bonds. The minimum absolute atomic E-state index is 0.0537. The number of thiophene rings is 1. The Bertz CT molecular complexity index is 917. The molecule has 0 saturated heterocycles. The maximum atomic E-state index is 12.5.